The van der Waals surface area contributed by atoms with E-state index in [2.05, 4.69) is 5.32 Å². The minimum Gasteiger partial charge on any atom is -0.380 e. The van der Waals surface area contributed by atoms with Gasteiger partial charge in [-0.15, -0.1) is 0 Å². The fourth-order valence-electron chi connectivity index (χ4n) is 0.789. The molecule has 0 rings (SSSR count). The highest BCUT2D eigenvalue weighted by molar-refractivity contribution is 7.84. The number of hydrogen-bond acceptors (Lipinski definition) is 3. The lowest BCUT2D eigenvalue weighted by Crippen LogP contribution is -2.27. The molecule has 0 fully saturated rings. The summed E-state index contributed by atoms with van der Waals surface area (Å²) in [4.78, 5) is 0. The first-order valence-corrected chi connectivity index (χ1v) is 5.93. The molecule has 0 aliphatic heterocycles. The van der Waals surface area contributed by atoms with Crippen molar-refractivity contribution in [2.24, 2.45) is 0 Å². The van der Waals surface area contributed by atoms with Crippen LogP contribution in [0, 0.1) is 0 Å². The summed E-state index contributed by atoms with van der Waals surface area (Å²) in [5.41, 5.74) is 0. The molecule has 0 aromatic carbocycles. The molecule has 2 atom stereocenters. The summed E-state index contributed by atoms with van der Waals surface area (Å²) in [6, 6.07) is 0. The Labute approximate surface area is 77.3 Å². The van der Waals surface area contributed by atoms with Crippen LogP contribution in [0.25, 0.3) is 0 Å². The smallest absolute Gasteiger partial charge is 0.0667 e. The monoisotopic (exact) mass is 193 g/mol. The number of hydrogen-bond donors (Lipinski definition) is 1. The van der Waals surface area contributed by atoms with Crippen molar-refractivity contribution in [2.45, 2.75) is 19.4 Å². The van der Waals surface area contributed by atoms with Gasteiger partial charge in [-0.05, 0) is 19.9 Å². The van der Waals surface area contributed by atoms with Gasteiger partial charge in [0.1, 0.15) is 0 Å². The van der Waals surface area contributed by atoms with Gasteiger partial charge in [0.25, 0.3) is 0 Å². The number of methoxy groups -OCH3 is 1. The van der Waals surface area contributed by atoms with Crippen molar-refractivity contribution in [1.29, 1.82) is 0 Å². The molecule has 0 heterocycles. The molecule has 0 bridgehead atoms. The molecule has 0 aliphatic carbocycles. The largest absolute Gasteiger partial charge is 0.380 e. The van der Waals surface area contributed by atoms with Crippen molar-refractivity contribution in [2.75, 3.05) is 32.2 Å². The fourth-order valence-corrected chi connectivity index (χ4v) is 1.34. The third-order valence-corrected chi connectivity index (χ3v) is 2.48. The summed E-state index contributed by atoms with van der Waals surface area (Å²) in [7, 11) is 1.05. The molecule has 0 aromatic heterocycles. The van der Waals surface area contributed by atoms with Crippen LogP contribution >= 0.6 is 0 Å². The highest BCUT2D eigenvalue weighted by Crippen LogP contribution is 1.85. The minimum atomic E-state index is -0.653. The molecule has 0 aliphatic rings. The second-order valence-corrected chi connectivity index (χ2v) is 4.44. The molecule has 3 nitrogen and oxygen atoms in total. The zero-order chi connectivity index (χ0) is 9.40. The van der Waals surface area contributed by atoms with Crippen LogP contribution in [0.3, 0.4) is 0 Å². The third-order valence-electron chi connectivity index (χ3n) is 1.62. The zero-order valence-electron chi connectivity index (χ0n) is 8.13. The van der Waals surface area contributed by atoms with Gasteiger partial charge in [-0.2, -0.15) is 0 Å². The van der Waals surface area contributed by atoms with E-state index in [1.165, 1.54) is 0 Å². The van der Waals surface area contributed by atoms with Crippen LogP contribution in [-0.4, -0.2) is 42.5 Å². The lowest BCUT2D eigenvalue weighted by Gasteiger charge is -2.09. The average Bonchev–Trinajstić information content (AvgIpc) is 2.03. The molecule has 4 heteroatoms. The Morgan fingerprint density at radius 1 is 1.58 bits per heavy atom. The Hall–Kier alpha value is 0.0700. The van der Waals surface area contributed by atoms with E-state index >= 15 is 0 Å². The Morgan fingerprint density at radius 2 is 2.25 bits per heavy atom. The van der Waals surface area contributed by atoms with Crippen LogP contribution in [-0.2, 0) is 15.5 Å². The number of nitrogens with one attached hydrogen (secondary N) is 1. The SMILES string of the molecule is COC(C)CNCCCS(C)=O. The Morgan fingerprint density at radius 3 is 2.75 bits per heavy atom. The molecule has 2 unspecified atom stereocenters. The van der Waals surface area contributed by atoms with Crippen molar-refractivity contribution >= 4 is 10.8 Å². The maximum Gasteiger partial charge on any atom is 0.0667 e. The second-order valence-electron chi connectivity index (χ2n) is 2.88. The van der Waals surface area contributed by atoms with Gasteiger partial charge in [-0.25, -0.2) is 0 Å². The van der Waals surface area contributed by atoms with E-state index in [9.17, 15) is 4.21 Å². The Balaban J connectivity index is 3.05. The van der Waals surface area contributed by atoms with Crippen LogP contribution in [0.15, 0.2) is 0 Å². The van der Waals surface area contributed by atoms with E-state index in [4.69, 9.17) is 4.74 Å². The van der Waals surface area contributed by atoms with Gasteiger partial charge < -0.3 is 10.1 Å². The normalized spacial score (nSPS) is 15.9. The quantitative estimate of drug-likeness (QED) is 0.594. The van der Waals surface area contributed by atoms with Crippen molar-refractivity contribution in [3.8, 4) is 0 Å². The molecule has 0 saturated carbocycles. The lowest BCUT2D eigenvalue weighted by molar-refractivity contribution is 0.117. The van der Waals surface area contributed by atoms with Gasteiger partial charge in [0.15, 0.2) is 0 Å². The topological polar surface area (TPSA) is 38.3 Å². The van der Waals surface area contributed by atoms with E-state index in [1.54, 1.807) is 13.4 Å². The van der Waals surface area contributed by atoms with Crippen LogP contribution in [0.4, 0.5) is 0 Å². The van der Waals surface area contributed by atoms with Crippen molar-refractivity contribution in [3.05, 3.63) is 0 Å². The molecule has 12 heavy (non-hydrogen) atoms. The van der Waals surface area contributed by atoms with Gasteiger partial charge >= 0.3 is 0 Å². The van der Waals surface area contributed by atoms with Crippen LogP contribution in [0.5, 0.6) is 0 Å². The maximum atomic E-state index is 10.7. The minimum absolute atomic E-state index is 0.261. The molecular formula is C8H19NO2S. The van der Waals surface area contributed by atoms with Crippen molar-refractivity contribution < 1.29 is 8.95 Å². The molecule has 0 amide bonds. The van der Waals surface area contributed by atoms with Crippen LogP contribution < -0.4 is 5.32 Å². The Kier molecular flexibility index (Phi) is 7.75. The standard InChI is InChI=1S/C8H19NO2S/c1-8(11-2)7-9-5-4-6-12(3)10/h8-9H,4-7H2,1-3H3. The summed E-state index contributed by atoms with van der Waals surface area (Å²) in [6.07, 6.45) is 2.97. The maximum absolute atomic E-state index is 10.7. The summed E-state index contributed by atoms with van der Waals surface area (Å²) in [5, 5.41) is 3.23. The average molecular weight is 193 g/mol. The molecule has 1 N–H and O–H groups in total. The van der Waals surface area contributed by atoms with E-state index < -0.39 is 10.8 Å². The van der Waals surface area contributed by atoms with Crippen molar-refractivity contribution in [3.63, 3.8) is 0 Å². The molecule has 0 radical (unpaired) electrons. The van der Waals surface area contributed by atoms with Crippen molar-refractivity contribution in [1.82, 2.24) is 5.32 Å². The van der Waals surface area contributed by atoms with Gasteiger partial charge in [0.05, 0.1) is 6.10 Å². The molecule has 74 valence electrons. The highest BCUT2D eigenvalue weighted by Gasteiger charge is 1.97. The summed E-state index contributed by atoms with van der Waals surface area (Å²) in [5.74, 6) is 0.786. The first-order chi connectivity index (χ1) is 5.66. The summed E-state index contributed by atoms with van der Waals surface area (Å²) >= 11 is 0. The predicted octanol–water partition coefficient (Wildman–Crippen LogP) is 0.379. The third kappa shape index (κ3) is 8.17. The Bertz CT molecular complexity index is 130. The second kappa shape index (κ2) is 7.71. The molecular weight excluding hydrogens is 174 g/mol. The van der Waals surface area contributed by atoms with Gasteiger partial charge in [-0.1, -0.05) is 0 Å². The summed E-state index contributed by atoms with van der Waals surface area (Å²) in [6.45, 7) is 3.81. The van der Waals surface area contributed by atoms with Crippen LogP contribution in [0.2, 0.25) is 0 Å². The van der Waals surface area contributed by atoms with E-state index in [1.807, 2.05) is 6.92 Å². The molecule has 0 spiro atoms. The first kappa shape index (κ1) is 12.1. The molecule has 0 saturated heterocycles. The number of ether oxygens (including phenoxy) is 1. The van der Waals surface area contributed by atoms with E-state index in [-0.39, 0.29) is 6.10 Å². The predicted molar refractivity (Wildman–Crippen MR) is 52.9 cm³/mol. The van der Waals surface area contributed by atoms with Gasteiger partial charge in [-0.3, -0.25) is 4.21 Å². The number of rotatable bonds is 7. The van der Waals surface area contributed by atoms with E-state index in [0.717, 1.165) is 25.3 Å². The highest BCUT2D eigenvalue weighted by atomic mass is 32.2. The lowest BCUT2D eigenvalue weighted by atomic mass is 10.4. The first-order valence-electron chi connectivity index (χ1n) is 4.20. The van der Waals surface area contributed by atoms with Gasteiger partial charge in [0.2, 0.25) is 0 Å². The molecule has 0 aromatic rings. The fraction of sp³-hybridized carbons (Fsp3) is 1.00. The van der Waals surface area contributed by atoms with Crippen LogP contribution in [0.1, 0.15) is 13.3 Å². The van der Waals surface area contributed by atoms with E-state index in [0.29, 0.717) is 0 Å². The summed E-state index contributed by atoms with van der Waals surface area (Å²) < 4.78 is 15.7. The van der Waals surface area contributed by atoms with Gasteiger partial charge in [0, 0.05) is 36.5 Å². The zero-order valence-corrected chi connectivity index (χ0v) is 8.95.